The number of likely N-dealkylation sites (tertiary alicyclic amines) is 1. The van der Waals surface area contributed by atoms with Crippen LogP contribution >= 0.6 is 22.9 Å². The monoisotopic (exact) mass is 322 g/mol. The lowest BCUT2D eigenvalue weighted by Crippen LogP contribution is -2.33. The number of aromatic nitrogens is 1. The molecule has 0 radical (unpaired) electrons. The number of aromatic amines is 1. The van der Waals surface area contributed by atoms with Gasteiger partial charge in [0.25, 0.3) is 0 Å². The lowest BCUT2D eigenvalue weighted by Gasteiger charge is -2.31. The molecule has 0 aromatic carbocycles. The number of halogens is 1. The summed E-state index contributed by atoms with van der Waals surface area (Å²) in [6, 6.07) is 7.66. The molecule has 5 heteroatoms. The minimum atomic E-state index is -0.0248. The van der Waals surface area contributed by atoms with Crippen LogP contribution in [0.3, 0.4) is 0 Å². The number of hydrogen-bond donors (Lipinski definition) is 1. The summed E-state index contributed by atoms with van der Waals surface area (Å²) in [7, 11) is 0. The number of H-pyrrole nitrogens is 1. The van der Waals surface area contributed by atoms with Gasteiger partial charge in [0, 0.05) is 23.7 Å². The molecular weight excluding hydrogens is 304 g/mol. The fraction of sp³-hybridized carbons (Fsp3) is 0.438. The fourth-order valence-corrected chi connectivity index (χ4v) is 4.04. The molecule has 1 saturated heterocycles. The molecule has 3 rings (SSSR count). The number of rotatable bonds is 4. The van der Waals surface area contributed by atoms with E-state index in [1.54, 1.807) is 17.4 Å². The molecule has 0 spiro atoms. The SMILES string of the molecule is O=c1ccc(CC2CCN(Cc3ccc(Cl)s3)CC2)c[nH]1. The van der Waals surface area contributed by atoms with Crippen molar-refractivity contribution in [1.29, 1.82) is 0 Å². The maximum Gasteiger partial charge on any atom is 0.247 e. The van der Waals surface area contributed by atoms with Crippen molar-refractivity contribution in [3.63, 3.8) is 0 Å². The van der Waals surface area contributed by atoms with Gasteiger partial charge in [-0.1, -0.05) is 17.7 Å². The zero-order valence-electron chi connectivity index (χ0n) is 11.8. The molecule has 0 saturated carbocycles. The van der Waals surface area contributed by atoms with Crippen LogP contribution in [0.4, 0.5) is 0 Å². The van der Waals surface area contributed by atoms with E-state index in [0.29, 0.717) is 0 Å². The third-order valence-corrected chi connectivity index (χ3v) is 5.30. The van der Waals surface area contributed by atoms with E-state index in [1.165, 1.54) is 23.3 Å². The largest absolute Gasteiger partial charge is 0.329 e. The van der Waals surface area contributed by atoms with Crippen molar-refractivity contribution in [2.75, 3.05) is 13.1 Å². The molecule has 0 bridgehead atoms. The maximum absolute atomic E-state index is 11.1. The summed E-state index contributed by atoms with van der Waals surface area (Å²) in [6.45, 7) is 3.30. The molecule has 1 aliphatic heterocycles. The smallest absolute Gasteiger partial charge is 0.247 e. The Balaban J connectivity index is 1.48. The molecule has 21 heavy (non-hydrogen) atoms. The average Bonchev–Trinajstić information content (AvgIpc) is 2.89. The van der Waals surface area contributed by atoms with E-state index in [0.717, 1.165) is 36.3 Å². The Morgan fingerprint density at radius 3 is 2.67 bits per heavy atom. The highest BCUT2D eigenvalue weighted by molar-refractivity contribution is 7.16. The predicted octanol–water partition coefficient (Wildman–Crippen LogP) is 3.54. The molecule has 0 aliphatic carbocycles. The third kappa shape index (κ3) is 4.19. The first-order valence-electron chi connectivity index (χ1n) is 7.33. The second kappa shape index (κ2) is 6.77. The quantitative estimate of drug-likeness (QED) is 0.934. The molecule has 1 fully saturated rings. The molecule has 0 amide bonds. The lowest BCUT2D eigenvalue weighted by molar-refractivity contribution is 0.178. The van der Waals surface area contributed by atoms with Gasteiger partial charge in [0.1, 0.15) is 0 Å². The van der Waals surface area contributed by atoms with Crippen LogP contribution in [0.1, 0.15) is 23.3 Å². The summed E-state index contributed by atoms with van der Waals surface area (Å²) in [5.74, 6) is 0.721. The van der Waals surface area contributed by atoms with Gasteiger partial charge in [-0.3, -0.25) is 9.69 Å². The van der Waals surface area contributed by atoms with Gasteiger partial charge >= 0.3 is 0 Å². The van der Waals surface area contributed by atoms with Gasteiger partial charge < -0.3 is 4.98 Å². The van der Waals surface area contributed by atoms with Gasteiger partial charge in [0.05, 0.1) is 4.34 Å². The maximum atomic E-state index is 11.1. The van der Waals surface area contributed by atoms with E-state index in [1.807, 2.05) is 18.3 Å². The Morgan fingerprint density at radius 1 is 1.24 bits per heavy atom. The minimum Gasteiger partial charge on any atom is -0.329 e. The Labute approximate surface area is 133 Å². The van der Waals surface area contributed by atoms with Gasteiger partial charge in [-0.05, 0) is 56.0 Å². The molecule has 1 N–H and O–H groups in total. The van der Waals surface area contributed by atoms with Crippen molar-refractivity contribution < 1.29 is 0 Å². The molecule has 112 valence electrons. The van der Waals surface area contributed by atoms with Crippen LogP contribution in [-0.4, -0.2) is 23.0 Å². The van der Waals surface area contributed by atoms with Crippen LogP contribution < -0.4 is 5.56 Å². The van der Waals surface area contributed by atoms with Crippen molar-refractivity contribution in [2.24, 2.45) is 5.92 Å². The zero-order chi connectivity index (χ0) is 14.7. The number of nitrogens with one attached hydrogen (secondary N) is 1. The first-order chi connectivity index (χ1) is 10.2. The molecule has 0 atom stereocenters. The highest BCUT2D eigenvalue weighted by atomic mass is 35.5. The first kappa shape index (κ1) is 14.8. The topological polar surface area (TPSA) is 36.1 Å². The second-order valence-corrected chi connectivity index (χ2v) is 7.49. The van der Waals surface area contributed by atoms with Crippen LogP contribution in [0.5, 0.6) is 0 Å². The molecular formula is C16H19ClN2OS. The highest BCUT2D eigenvalue weighted by Crippen LogP contribution is 2.26. The summed E-state index contributed by atoms with van der Waals surface area (Å²) in [5, 5.41) is 0. The number of pyridine rings is 1. The predicted molar refractivity (Wildman–Crippen MR) is 88.1 cm³/mol. The molecule has 1 aliphatic rings. The van der Waals surface area contributed by atoms with E-state index in [9.17, 15) is 4.79 Å². The van der Waals surface area contributed by atoms with Gasteiger partial charge in [-0.25, -0.2) is 0 Å². The lowest BCUT2D eigenvalue weighted by atomic mass is 9.91. The summed E-state index contributed by atoms with van der Waals surface area (Å²) in [5.41, 5.74) is 1.21. The number of piperidine rings is 1. The van der Waals surface area contributed by atoms with Gasteiger partial charge in [-0.15, -0.1) is 11.3 Å². The van der Waals surface area contributed by atoms with Crippen molar-refractivity contribution in [2.45, 2.75) is 25.8 Å². The summed E-state index contributed by atoms with van der Waals surface area (Å²) in [4.78, 5) is 17.7. The highest BCUT2D eigenvalue weighted by Gasteiger charge is 2.20. The summed E-state index contributed by atoms with van der Waals surface area (Å²) in [6.07, 6.45) is 5.36. The van der Waals surface area contributed by atoms with Gasteiger partial charge in [-0.2, -0.15) is 0 Å². The van der Waals surface area contributed by atoms with Crippen LogP contribution in [0.15, 0.2) is 35.3 Å². The first-order valence-corrected chi connectivity index (χ1v) is 8.53. The average molecular weight is 323 g/mol. The van der Waals surface area contributed by atoms with Crippen molar-refractivity contribution >= 4 is 22.9 Å². The van der Waals surface area contributed by atoms with E-state index >= 15 is 0 Å². The zero-order valence-corrected chi connectivity index (χ0v) is 13.4. The normalized spacial score (nSPS) is 17.2. The standard InChI is InChI=1S/C16H19ClN2OS/c17-15-3-2-14(21-15)11-19-7-5-12(6-8-19)9-13-1-4-16(20)18-10-13/h1-4,10,12H,5-9,11H2,(H,18,20). The molecule has 3 nitrogen and oxygen atoms in total. The Morgan fingerprint density at radius 2 is 2.05 bits per heavy atom. The minimum absolute atomic E-state index is 0.0248. The fourth-order valence-electron chi connectivity index (χ4n) is 2.91. The second-order valence-electron chi connectivity index (χ2n) is 5.69. The summed E-state index contributed by atoms with van der Waals surface area (Å²) >= 11 is 7.65. The van der Waals surface area contributed by atoms with E-state index in [2.05, 4.69) is 16.0 Å². The van der Waals surface area contributed by atoms with Gasteiger partial charge in [0.2, 0.25) is 5.56 Å². The van der Waals surface area contributed by atoms with Crippen LogP contribution in [0.2, 0.25) is 4.34 Å². The Hall–Kier alpha value is -1.10. The van der Waals surface area contributed by atoms with Crippen molar-refractivity contribution in [1.82, 2.24) is 9.88 Å². The summed E-state index contributed by atoms with van der Waals surface area (Å²) < 4.78 is 0.873. The van der Waals surface area contributed by atoms with Crippen molar-refractivity contribution in [3.8, 4) is 0 Å². The molecule has 2 aromatic heterocycles. The van der Waals surface area contributed by atoms with Crippen LogP contribution in [0, 0.1) is 5.92 Å². The molecule has 0 unspecified atom stereocenters. The van der Waals surface area contributed by atoms with Crippen molar-refractivity contribution in [3.05, 3.63) is 55.6 Å². The molecule has 2 aromatic rings. The number of nitrogens with zero attached hydrogens (tertiary/aromatic N) is 1. The van der Waals surface area contributed by atoms with E-state index in [4.69, 9.17) is 11.6 Å². The number of hydrogen-bond acceptors (Lipinski definition) is 3. The Kier molecular flexibility index (Phi) is 4.78. The van der Waals surface area contributed by atoms with Crippen LogP contribution in [-0.2, 0) is 13.0 Å². The third-order valence-electron chi connectivity index (χ3n) is 4.09. The van der Waals surface area contributed by atoms with Gasteiger partial charge in [0.15, 0.2) is 0 Å². The number of thiophene rings is 1. The molecule has 3 heterocycles. The van der Waals surface area contributed by atoms with E-state index < -0.39 is 0 Å². The Bertz CT molecular complexity index is 623. The van der Waals surface area contributed by atoms with E-state index in [-0.39, 0.29) is 5.56 Å². The van der Waals surface area contributed by atoms with Crippen LogP contribution in [0.25, 0.3) is 0 Å².